The molecule has 0 saturated carbocycles. The summed E-state index contributed by atoms with van der Waals surface area (Å²) in [5, 5.41) is 19.0. The van der Waals surface area contributed by atoms with E-state index in [0.29, 0.717) is 18.7 Å². The lowest BCUT2D eigenvalue weighted by atomic mass is 10.1. The number of allylic oxidation sites excluding steroid dienone is 1. The summed E-state index contributed by atoms with van der Waals surface area (Å²) in [6.45, 7) is 6.72. The van der Waals surface area contributed by atoms with E-state index >= 15 is 0 Å². The van der Waals surface area contributed by atoms with E-state index in [0.717, 1.165) is 22.2 Å². The Morgan fingerprint density at radius 3 is 2.30 bits per heavy atom. The Morgan fingerprint density at radius 2 is 1.70 bits per heavy atom. The van der Waals surface area contributed by atoms with Gasteiger partial charge in [0.05, 0.1) is 23.7 Å². The van der Waals surface area contributed by atoms with E-state index in [1.54, 1.807) is 6.08 Å². The van der Waals surface area contributed by atoms with Crippen molar-refractivity contribution in [2.24, 2.45) is 0 Å². The number of benzene rings is 2. The molecule has 0 aliphatic carbocycles. The van der Waals surface area contributed by atoms with Gasteiger partial charge in [-0.05, 0) is 24.6 Å². The highest BCUT2D eigenvalue weighted by Crippen LogP contribution is 2.19. The smallest absolute Gasteiger partial charge is 0.203 e. The summed E-state index contributed by atoms with van der Waals surface area (Å²) >= 11 is 0. The Morgan fingerprint density at radius 1 is 1.09 bits per heavy atom. The molecule has 118 valence electrons. The van der Waals surface area contributed by atoms with Crippen molar-refractivity contribution in [3.05, 3.63) is 77.9 Å². The molecule has 1 atom stereocenters. The largest absolute Gasteiger partial charge is 0.387 e. The zero-order valence-electron chi connectivity index (χ0n) is 13.2. The highest BCUT2D eigenvalue weighted by atomic mass is 16.3. The molecule has 0 saturated heterocycles. The van der Waals surface area contributed by atoms with Gasteiger partial charge in [-0.25, -0.2) is 0 Å². The summed E-state index contributed by atoms with van der Waals surface area (Å²) in [7, 11) is 0. The summed E-state index contributed by atoms with van der Waals surface area (Å²) < 4.78 is 3.74. The first-order valence-corrected chi connectivity index (χ1v) is 7.70. The third-order valence-electron chi connectivity index (χ3n) is 4.10. The molecule has 1 unspecified atom stereocenters. The lowest BCUT2D eigenvalue weighted by molar-refractivity contribution is 0.155. The standard InChI is InChI=1S/C19H21N3O/c1-3-12-21-16-6-4-5-7-17(16)22(19(21)20)13-18(23)15-10-8-14(2)9-11-15/h3-11,18,20,23H,1,12-13H2,2H3. The highest BCUT2D eigenvalue weighted by Gasteiger charge is 2.14. The molecular formula is C19H21N3O. The number of aliphatic hydroxyl groups excluding tert-OH is 1. The van der Waals surface area contributed by atoms with Gasteiger partial charge in [-0.1, -0.05) is 48.0 Å². The van der Waals surface area contributed by atoms with E-state index in [1.807, 2.05) is 64.6 Å². The molecule has 2 aromatic carbocycles. The Bertz CT molecular complexity index is 887. The van der Waals surface area contributed by atoms with E-state index in [-0.39, 0.29) is 0 Å². The molecule has 0 aliphatic heterocycles. The van der Waals surface area contributed by atoms with Crippen LogP contribution in [0.3, 0.4) is 0 Å². The van der Waals surface area contributed by atoms with E-state index in [4.69, 9.17) is 5.41 Å². The molecular weight excluding hydrogens is 286 g/mol. The van der Waals surface area contributed by atoms with Crippen molar-refractivity contribution in [3.63, 3.8) is 0 Å². The molecule has 1 aromatic heterocycles. The normalized spacial score (nSPS) is 12.4. The average Bonchev–Trinajstić information content (AvgIpc) is 2.82. The second-order valence-electron chi connectivity index (χ2n) is 5.75. The van der Waals surface area contributed by atoms with Crippen LogP contribution in [0.5, 0.6) is 0 Å². The van der Waals surface area contributed by atoms with Crippen LogP contribution < -0.4 is 5.62 Å². The Hall–Kier alpha value is -2.59. The van der Waals surface area contributed by atoms with Crippen molar-refractivity contribution in [2.45, 2.75) is 26.1 Å². The number of hydrogen-bond acceptors (Lipinski definition) is 2. The van der Waals surface area contributed by atoms with Crippen molar-refractivity contribution in [1.29, 1.82) is 5.41 Å². The second kappa shape index (κ2) is 6.26. The Labute approximate surface area is 135 Å². The summed E-state index contributed by atoms with van der Waals surface area (Å²) in [6.07, 6.45) is 1.14. The number of rotatable bonds is 5. The molecule has 4 heteroatoms. The number of aliphatic hydroxyl groups is 1. The number of fused-ring (bicyclic) bond motifs is 1. The maximum atomic E-state index is 10.6. The number of nitrogens with one attached hydrogen (secondary N) is 1. The number of imidazole rings is 1. The van der Waals surface area contributed by atoms with Crippen LogP contribution >= 0.6 is 0 Å². The fraction of sp³-hybridized carbons (Fsp3) is 0.211. The summed E-state index contributed by atoms with van der Waals surface area (Å²) in [5.41, 5.74) is 4.33. The quantitative estimate of drug-likeness (QED) is 0.699. The number of aromatic nitrogens is 2. The first kappa shape index (κ1) is 15.3. The van der Waals surface area contributed by atoms with Gasteiger partial charge in [0.1, 0.15) is 0 Å². The summed E-state index contributed by atoms with van der Waals surface area (Å²) in [4.78, 5) is 0. The van der Waals surface area contributed by atoms with Crippen molar-refractivity contribution in [2.75, 3.05) is 0 Å². The third-order valence-corrected chi connectivity index (χ3v) is 4.10. The van der Waals surface area contributed by atoms with Crippen LogP contribution in [0.4, 0.5) is 0 Å². The number of nitrogens with zero attached hydrogens (tertiary/aromatic N) is 2. The molecule has 0 amide bonds. The van der Waals surface area contributed by atoms with Crippen molar-refractivity contribution in [3.8, 4) is 0 Å². The van der Waals surface area contributed by atoms with Crippen LogP contribution in [0.2, 0.25) is 0 Å². The zero-order valence-corrected chi connectivity index (χ0v) is 13.2. The Kier molecular flexibility index (Phi) is 4.17. The molecule has 2 N–H and O–H groups in total. The molecule has 0 spiro atoms. The first-order chi connectivity index (χ1) is 11.1. The molecule has 0 radical (unpaired) electrons. The van der Waals surface area contributed by atoms with Gasteiger partial charge >= 0.3 is 0 Å². The van der Waals surface area contributed by atoms with Crippen LogP contribution in [-0.2, 0) is 13.1 Å². The fourth-order valence-corrected chi connectivity index (χ4v) is 2.86. The van der Waals surface area contributed by atoms with Gasteiger partial charge in [-0.3, -0.25) is 5.41 Å². The molecule has 1 heterocycles. The molecule has 23 heavy (non-hydrogen) atoms. The van der Waals surface area contributed by atoms with E-state index < -0.39 is 6.10 Å². The maximum absolute atomic E-state index is 10.6. The molecule has 3 rings (SSSR count). The van der Waals surface area contributed by atoms with Gasteiger partial charge < -0.3 is 14.2 Å². The number of para-hydroxylation sites is 2. The number of aryl methyl sites for hydroxylation is 1. The average molecular weight is 307 g/mol. The Balaban J connectivity index is 2.02. The van der Waals surface area contributed by atoms with E-state index in [1.165, 1.54) is 0 Å². The summed E-state index contributed by atoms with van der Waals surface area (Å²) in [6, 6.07) is 15.7. The molecule has 0 fully saturated rings. The fourth-order valence-electron chi connectivity index (χ4n) is 2.86. The zero-order chi connectivity index (χ0) is 16.4. The van der Waals surface area contributed by atoms with Gasteiger partial charge in [0.25, 0.3) is 0 Å². The van der Waals surface area contributed by atoms with Gasteiger partial charge in [0.2, 0.25) is 5.62 Å². The minimum Gasteiger partial charge on any atom is -0.387 e. The molecule has 0 aliphatic rings. The second-order valence-corrected chi connectivity index (χ2v) is 5.75. The summed E-state index contributed by atoms with van der Waals surface area (Å²) in [5.74, 6) is 0. The van der Waals surface area contributed by atoms with Gasteiger partial charge in [0.15, 0.2) is 0 Å². The SMILES string of the molecule is C=CCn1c(=N)n(CC(O)c2ccc(C)cc2)c2ccccc21. The minimum absolute atomic E-state index is 0.354. The van der Waals surface area contributed by atoms with Gasteiger partial charge in [0, 0.05) is 6.54 Å². The van der Waals surface area contributed by atoms with Crippen LogP contribution in [-0.4, -0.2) is 14.2 Å². The van der Waals surface area contributed by atoms with E-state index in [2.05, 4.69) is 6.58 Å². The van der Waals surface area contributed by atoms with Gasteiger partial charge in [-0.2, -0.15) is 0 Å². The first-order valence-electron chi connectivity index (χ1n) is 7.70. The minimum atomic E-state index is -0.646. The molecule has 4 nitrogen and oxygen atoms in total. The van der Waals surface area contributed by atoms with E-state index in [9.17, 15) is 5.11 Å². The lowest BCUT2D eigenvalue weighted by Crippen LogP contribution is -2.26. The molecule has 0 bridgehead atoms. The maximum Gasteiger partial charge on any atom is 0.203 e. The van der Waals surface area contributed by atoms with Crippen LogP contribution in [0.1, 0.15) is 17.2 Å². The lowest BCUT2D eigenvalue weighted by Gasteiger charge is -2.13. The van der Waals surface area contributed by atoms with Crippen molar-refractivity contribution >= 4 is 11.0 Å². The monoisotopic (exact) mass is 307 g/mol. The number of hydrogen-bond donors (Lipinski definition) is 2. The van der Waals surface area contributed by atoms with Crippen molar-refractivity contribution < 1.29 is 5.11 Å². The third kappa shape index (κ3) is 2.85. The van der Waals surface area contributed by atoms with Crippen LogP contribution in [0.15, 0.2) is 61.2 Å². The highest BCUT2D eigenvalue weighted by molar-refractivity contribution is 5.75. The predicted molar refractivity (Wildman–Crippen MR) is 92.1 cm³/mol. The van der Waals surface area contributed by atoms with Crippen molar-refractivity contribution in [1.82, 2.24) is 9.13 Å². The predicted octanol–water partition coefficient (Wildman–Crippen LogP) is 3.15. The molecule has 3 aromatic rings. The van der Waals surface area contributed by atoms with Crippen LogP contribution in [0.25, 0.3) is 11.0 Å². The van der Waals surface area contributed by atoms with Crippen LogP contribution in [0, 0.1) is 12.3 Å². The topological polar surface area (TPSA) is 53.9 Å². The van der Waals surface area contributed by atoms with Gasteiger partial charge in [-0.15, -0.1) is 6.58 Å².